The Morgan fingerprint density at radius 2 is 2.00 bits per heavy atom. The lowest BCUT2D eigenvalue weighted by molar-refractivity contribution is 0.471. The number of aryl methyl sites for hydroxylation is 1. The number of benzene rings is 2. The summed E-state index contributed by atoms with van der Waals surface area (Å²) in [5, 5.41) is 10.7. The van der Waals surface area contributed by atoms with Gasteiger partial charge in [-0.15, -0.1) is 11.3 Å². The van der Waals surface area contributed by atoms with Gasteiger partial charge >= 0.3 is 0 Å². The number of halogens is 1. The van der Waals surface area contributed by atoms with Gasteiger partial charge in [0.15, 0.2) is 0 Å². The van der Waals surface area contributed by atoms with Crippen LogP contribution in [0, 0.1) is 6.92 Å². The van der Waals surface area contributed by atoms with Crippen molar-refractivity contribution in [2.45, 2.75) is 6.92 Å². The predicted octanol–water partition coefficient (Wildman–Crippen LogP) is 4.74. The summed E-state index contributed by atoms with van der Waals surface area (Å²) in [6, 6.07) is 11.7. The number of aromatic nitrogens is 1. The molecule has 0 radical (unpaired) electrons. The summed E-state index contributed by atoms with van der Waals surface area (Å²) in [7, 11) is 0. The molecule has 2 aromatic carbocycles. The monoisotopic (exact) mass is 319 g/mol. The predicted molar refractivity (Wildman–Crippen MR) is 79.2 cm³/mol. The summed E-state index contributed by atoms with van der Waals surface area (Å²) in [6.45, 7) is 1.88. The van der Waals surface area contributed by atoms with E-state index >= 15 is 0 Å². The fraction of sp³-hybridized carbons (Fsp3) is 0.0714. The highest BCUT2D eigenvalue weighted by atomic mass is 79.9. The second-order valence-corrected chi connectivity index (χ2v) is 6.08. The zero-order valence-corrected chi connectivity index (χ0v) is 12.0. The number of hydrogen-bond acceptors (Lipinski definition) is 3. The summed E-state index contributed by atoms with van der Waals surface area (Å²) in [6.07, 6.45) is 0. The van der Waals surface area contributed by atoms with Crippen LogP contribution in [0.3, 0.4) is 0 Å². The maximum atomic E-state index is 9.75. The lowest BCUT2D eigenvalue weighted by Gasteiger charge is -2.00. The first-order valence-corrected chi connectivity index (χ1v) is 7.10. The van der Waals surface area contributed by atoms with Crippen molar-refractivity contribution in [2.24, 2.45) is 0 Å². The van der Waals surface area contributed by atoms with Gasteiger partial charge < -0.3 is 5.11 Å². The molecule has 0 aliphatic rings. The summed E-state index contributed by atoms with van der Waals surface area (Å²) < 4.78 is 2.17. The Morgan fingerprint density at radius 1 is 1.17 bits per heavy atom. The van der Waals surface area contributed by atoms with E-state index in [1.54, 1.807) is 17.4 Å². The largest absolute Gasteiger partial charge is 0.508 e. The van der Waals surface area contributed by atoms with E-state index in [2.05, 4.69) is 27.0 Å². The van der Waals surface area contributed by atoms with E-state index in [9.17, 15) is 5.11 Å². The van der Waals surface area contributed by atoms with Gasteiger partial charge in [0.25, 0.3) is 0 Å². The SMILES string of the molecule is Cc1ccc(-c2nc3cc(Br)ccc3s2)cc1O. The Balaban J connectivity index is 2.16. The molecule has 0 saturated carbocycles. The number of rotatable bonds is 1. The van der Waals surface area contributed by atoms with E-state index in [4.69, 9.17) is 0 Å². The molecule has 4 heteroatoms. The van der Waals surface area contributed by atoms with Crippen molar-refractivity contribution in [3.63, 3.8) is 0 Å². The third-order valence-corrected chi connectivity index (χ3v) is 4.38. The van der Waals surface area contributed by atoms with Crippen LogP contribution in [-0.4, -0.2) is 10.1 Å². The first kappa shape index (κ1) is 11.7. The maximum absolute atomic E-state index is 9.75. The van der Waals surface area contributed by atoms with Crippen molar-refractivity contribution in [3.8, 4) is 16.3 Å². The number of phenolic OH excluding ortho intramolecular Hbond substituents is 1. The van der Waals surface area contributed by atoms with Gasteiger partial charge in [-0.05, 0) is 36.8 Å². The number of nitrogens with zero attached hydrogens (tertiary/aromatic N) is 1. The fourth-order valence-corrected chi connectivity index (χ4v) is 3.06. The van der Waals surface area contributed by atoms with Crippen molar-refractivity contribution in [3.05, 3.63) is 46.4 Å². The Morgan fingerprint density at radius 3 is 2.78 bits per heavy atom. The van der Waals surface area contributed by atoms with Gasteiger partial charge in [-0.3, -0.25) is 0 Å². The highest BCUT2D eigenvalue weighted by Crippen LogP contribution is 2.33. The van der Waals surface area contributed by atoms with E-state index in [0.717, 1.165) is 30.8 Å². The average molecular weight is 320 g/mol. The molecule has 2 nitrogen and oxygen atoms in total. The number of aromatic hydroxyl groups is 1. The van der Waals surface area contributed by atoms with Crippen molar-refractivity contribution in [2.75, 3.05) is 0 Å². The molecule has 0 bridgehead atoms. The minimum atomic E-state index is 0.313. The topological polar surface area (TPSA) is 33.1 Å². The lowest BCUT2D eigenvalue weighted by atomic mass is 10.1. The normalized spacial score (nSPS) is 11.0. The van der Waals surface area contributed by atoms with Crippen molar-refractivity contribution in [1.82, 2.24) is 4.98 Å². The van der Waals surface area contributed by atoms with Crippen LogP contribution in [0.25, 0.3) is 20.8 Å². The molecule has 18 heavy (non-hydrogen) atoms. The lowest BCUT2D eigenvalue weighted by Crippen LogP contribution is -1.78. The summed E-state index contributed by atoms with van der Waals surface area (Å²) in [5.41, 5.74) is 2.81. The van der Waals surface area contributed by atoms with E-state index < -0.39 is 0 Å². The molecule has 1 N–H and O–H groups in total. The van der Waals surface area contributed by atoms with E-state index in [1.165, 1.54) is 0 Å². The first-order chi connectivity index (χ1) is 8.63. The molecule has 90 valence electrons. The summed E-state index contributed by atoms with van der Waals surface area (Å²) >= 11 is 5.07. The van der Waals surface area contributed by atoms with Gasteiger partial charge in [-0.25, -0.2) is 4.98 Å². The van der Waals surface area contributed by atoms with Gasteiger partial charge in [-0.1, -0.05) is 28.1 Å². The van der Waals surface area contributed by atoms with Crippen molar-refractivity contribution >= 4 is 37.5 Å². The zero-order chi connectivity index (χ0) is 12.7. The van der Waals surface area contributed by atoms with Crippen LogP contribution in [0.5, 0.6) is 5.75 Å². The second kappa shape index (κ2) is 4.37. The summed E-state index contributed by atoms with van der Waals surface area (Å²) in [5.74, 6) is 0.313. The standard InChI is InChI=1S/C14H10BrNOS/c1-8-2-3-9(6-12(8)17)14-16-11-7-10(15)4-5-13(11)18-14/h2-7,17H,1H3. The molecule has 0 saturated heterocycles. The van der Waals surface area contributed by atoms with Gasteiger partial charge in [0, 0.05) is 10.0 Å². The fourth-order valence-electron chi connectivity index (χ4n) is 1.77. The smallest absolute Gasteiger partial charge is 0.124 e. The molecule has 0 spiro atoms. The number of fused-ring (bicyclic) bond motifs is 1. The quantitative estimate of drug-likeness (QED) is 0.702. The molecule has 1 heterocycles. The molecule has 0 unspecified atom stereocenters. The molecule has 0 atom stereocenters. The molecule has 0 aliphatic heterocycles. The van der Waals surface area contributed by atoms with Gasteiger partial charge in [0.05, 0.1) is 10.2 Å². The molecule has 0 amide bonds. The number of phenols is 1. The van der Waals surface area contributed by atoms with E-state index in [1.807, 2.05) is 31.2 Å². The van der Waals surface area contributed by atoms with E-state index in [0.29, 0.717) is 5.75 Å². The first-order valence-electron chi connectivity index (χ1n) is 5.49. The van der Waals surface area contributed by atoms with Crippen LogP contribution in [0.1, 0.15) is 5.56 Å². The van der Waals surface area contributed by atoms with Crippen LogP contribution < -0.4 is 0 Å². The Hall–Kier alpha value is -1.39. The number of thiazole rings is 1. The minimum absolute atomic E-state index is 0.313. The van der Waals surface area contributed by atoms with Crippen LogP contribution in [0.2, 0.25) is 0 Å². The third kappa shape index (κ3) is 2.02. The van der Waals surface area contributed by atoms with Crippen LogP contribution >= 0.6 is 27.3 Å². The minimum Gasteiger partial charge on any atom is -0.508 e. The third-order valence-electron chi connectivity index (χ3n) is 2.81. The van der Waals surface area contributed by atoms with E-state index in [-0.39, 0.29) is 0 Å². The Labute approximate surface area is 117 Å². The molecule has 3 aromatic rings. The van der Waals surface area contributed by atoms with Crippen molar-refractivity contribution in [1.29, 1.82) is 0 Å². The highest BCUT2D eigenvalue weighted by Gasteiger charge is 2.08. The van der Waals surface area contributed by atoms with Gasteiger partial charge in [-0.2, -0.15) is 0 Å². The molecular weight excluding hydrogens is 310 g/mol. The Kier molecular flexibility index (Phi) is 2.84. The van der Waals surface area contributed by atoms with Gasteiger partial charge in [0.1, 0.15) is 10.8 Å². The average Bonchev–Trinajstić information content (AvgIpc) is 2.75. The van der Waals surface area contributed by atoms with Gasteiger partial charge in [0.2, 0.25) is 0 Å². The molecule has 0 fully saturated rings. The molecule has 3 rings (SSSR count). The van der Waals surface area contributed by atoms with Crippen LogP contribution in [0.4, 0.5) is 0 Å². The molecular formula is C14H10BrNOS. The number of hydrogen-bond donors (Lipinski definition) is 1. The highest BCUT2D eigenvalue weighted by molar-refractivity contribution is 9.10. The maximum Gasteiger partial charge on any atom is 0.124 e. The Bertz CT molecular complexity index is 736. The second-order valence-electron chi connectivity index (χ2n) is 4.13. The molecule has 1 aromatic heterocycles. The van der Waals surface area contributed by atoms with Crippen LogP contribution in [-0.2, 0) is 0 Å². The van der Waals surface area contributed by atoms with Crippen molar-refractivity contribution < 1.29 is 5.11 Å². The zero-order valence-electron chi connectivity index (χ0n) is 9.64. The summed E-state index contributed by atoms with van der Waals surface area (Å²) in [4.78, 5) is 4.59. The van der Waals surface area contributed by atoms with Crippen LogP contribution in [0.15, 0.2) is 40.9 Å². The molecule has 0 aliphatic carbocycles.